The standard InChI is InChI=1S/C17H15ClN2O/c1-12-10-21-16-8-3-2-7-15(16)17(12,11-19)20-14-6-4-5-13(18)9-14/h2-9,12,20H,10H2,1H3. The van der Waals surface area contributed by atoms with Gasteiger partial charge in [-0.25, -0.2) is 0 Å². The number of rotatable bonds is 2. The average Bonchev–Trinajstić information content (AvgIpc) is 2.50. The van der Waals surface area contributed by atoms with E-state index < -0.39 is 5.54 Å². The zero-order valence-corrected chi connectivity index (χ0v) is 12.4. The Kier molecular flexibility index (Phi) is 3.48. The summed E-state index contributed by atoms with van der Waals surface area (Å²) in [6.45, 7) is 2.51. The zero-order valence-electron chi connectivity index (χ0n) is 11.6. The molecule has 0 bridgehead atoms. The third kappa shape index (κ3) is 2.32. The van der Waals surface area contributed by atoms with Crippen molar-refractivity contribution in [3.63, 3.8) is 0 Å². The summed E-state index contributed by atoms with van der Waals surface area (Å²) in [5.74, 6) is 0.767. The largest absolute Gasteiger partial charge is 0.493 e. The number of anilines is 1. The summed E-state index contributed by atoms with van der Waals surface area (Å²) in [7, 11) is 0. The lowest BCUT2D eigenvalue weighted by molar-refractivity contribution is 0.186. The normalized spacial score (nSPS) is 23.6. The number of hydrogen-bond donors (Lipinski definition) is 1. The number of nitrogens with zero attached hydrogens (tertiary/aromatic N) is 1. The van der Waals surface area contributed by atoms with Gasteiger partial charge in [0.05, 0.1) is 12.7 Å². The third-order valence-corrected chi connectivity index (χ3v) is 4.12. The van der Waals surface area contributed by atoms with Crippen molar-refractivity contribution in [2.45, 2.75) is 12.5 Å². The first-order chi connectivity index (χ1) is 10.2. The van der Waals surface area contributed by atoms with E-state index in [-0.39, 0.29) is 5.92 Å². The van der Waals surface area contributed by atoms with Crippen LogP contribution in [-0.4, -0.2) is 6.61 Å². The maximum Gasteiger partial charge on any atom is 0.160 e. The van der Waals surface area contributed by atoms with E-state index in [4.69, 9.17) is 16.3 Å². The van der Waals surface area contributed by atoms with Crippen molar-refractivity contribution in [1.82, 2.24) is 0 Å². The van der Waals surface area contributed by atoms with Crippen LogP contribution in [0.2, 0.25) is 5.02 Å². The molecule has 0 saturated heterocycles. The van der Waals surface area contributed by atoms with Crippen molar-refractivity contribution in [1.29, 1.82) is 5.26 Å². The molecule has 4 heteroatoms. The minimum absolute atomic E-state index is 0.0105. The summed E-state index contributed by atoms with van der Waals surface area (Å²) in [4.78, 5) is 0. The number of hydrogen-bond acceptors (Lipinski definition) is 3. The molecule has 0 saturated carbocycles. The van der Waals surface area contributed by atoms with E-state index in [1.807, 2.05) is 55.5 Å². The molecule has 0 fully saturated rings. The van der Waals surface area contributed by atoms with Crippen molar-refractivity contribution < 1.29 is 4.74 Å². The van der Waals surface area contributed by atoms with Gasteiger partial charge < -0.3 is 10.1 Å². The first-order valence-electron chi connectivity index (χ1n) is 6.83. The van der Waals surface area contributed by atoms with Crippen molar-refractivity contribution in [3.8, 4) is 11.8 Å². The Bertz CT molecular complexity index is 710. The molecule has 2 aromatic rings. The lowest BCUT2D eigenvalue weighted by Crippen LogP contribution is -2.46. The van der Waals surface area contributed by atoms with E-state index >= 15 is 0 Å². The van der Waals surface area contributed by atoms with Gasteiger partial charge in [0.15, 0.2) is 5.54 Å². The van der Waals surface area contributed by atoms with Crippen LogP contribution in [0.15, 0.2) is 48.5 Å². The maximum atomic E-state index is 9.89. The third-order valence-electron chi connectivity index (χ3n) is 3.88. The van der Waals surface area contributed by atoms with Crippen molar-refractivity contribution >= 4 is 17.3 Å². The van der Waals surface area contributed by atoms with Gasteiger partial charge in [-0.3, -0.25) is 0 Å². The highest BCUT2D eigenvalue weighted by molar-refractivity contribution is 6.30. The van der Waals surface area contributed by atoms with Gasteiger partial charge in [-0.1, -0.05) is 42.8 Å². The predicted molar refractivity (Wildman–Crippen MR) is 83.5 cm³/mol. The highest BCUT2D eigenvalue weighted by atomic mass is 35.5. The number of benzene rings is 2. The summed E-state index contributed by atoms with van der Waals surface area (Å²) in [5, 5.41) is 13.9. The molecule has 3 rings (SSSR count). The second-order valence-corrected chi connectivity index (χ2v) is 5.70. The number of nitrogens with one attached hydrogen (secondary N) is 1. The van der Waals surface area contributed by atoms with Crippen LogP contribution >= 0.6 is 11.6 Å². The zero-order chi connectivity index (χ0) is 14.9. The molecule has 106 valence electrons. The van der Waals surface area contributed by atoms with Gasteiger partial charge in [-0.2, -0.15) is 5.26 Å². The fourth-order valence-corrected chi connectivity index (χ4v) is 2.90. The Hall–Kier alpha value is -2.18. The molecule has 2 unspecified atom stereocenters. The van der Waals surface area contributed by atoms with Crippen molar-refractivity contribution in [2.24, 2.45) is 5.92 Å². The van der Waals surface area contributed by atoms with Gasteiger partial charge in [0.25, 0.3) is 0 Å². The summed E-state index contributed by atoms with van der Waals surface area (Å²) in [5.41, 5.74) is 0.873. The topological polar surface area (TPSA) is 45.0 Å². The Morgan fingerprint density at radius 2 is 2.10 bits per heavy atom. The van der Waals surface area contributed by atoms with E-state index in [1.54, 1.807) is 0 Å². The molecule has 1 N–H and O–H groups in total. The maximum absolute atomic E-state index is 9.89. The summed E-state index contributed by atoms with van der Waals surface area (Å²) >= 11 is 6.04. The fourth-order valence-electron chi connectivity index (χ4n) is 2.71. The van der Waals surface area contributed by atoms with Gasteiger partial charge in [0.1, 0.15) is 5.75 Å². The van der Waals surface area contributed by atoms with Crippen LogP contribution in [0, 0.1) is 17.2 Å². The molecule has 1 aliphatic heterocycles. The summed E-state index contributed by atoms with van der Waals surface area (Å²) in [6.07, 6.45) is 0. The second kappa shape index (κ2) is 5.31. The minimum atomic E-state index is -0.820. The predicted octanol–water partition coefficient (Wildman–Crippen LogP) is 4.20. The molecular formula is C17H15ClN2O. The summed E-state index contributed by atoms with van der Waals surface area (Å²) < 4.78 is 5.74. The Labute approximate surface area is 129 Å². The molecule has 0 aliphatic carbocycles. The molecule has 21 heavy (non-hydrogen) atoms. The summed E-state index contributed by atoms with van der Waals surface area (Å²) in [6, 6.07) is 17.5. The van der Waals surface area contributed by atoms with Crippen LogP contribution in [0.3, 0.4) is 0 Å². The highest BCUT2D eigenvalue weighted by Gasteiger charge is 2.44. The van der Waals surface area contributed by atoms with Gasteiger partial charge in [-0.05, 0) is 24.3 Å². The van der Waals surface area contributed by atoms with Crippen LogP contribution in [-0.2, 0) is 5.54 Å². The van der Waals surface area contributed by atoms with E-state index in [1.165, 1.54) is 0 Å². The number of halogens is 1. The molecule has 0 radical (unpaired) electrons. The molecule has 0 amide bonds. The van der Waals surface area contributed by atoms with Crippen LogP contribution in [0.4, 0.5) is 5.69 Å². The Balaban J connectivity index is 2.09. The van der Waals surface area contributed by atoms with Crippen molar-refractivity contribution in [3.05, 3.63) is 59.1 Å². The Morgan fingerprint density at radius 1 is 1.29 bits per heavy atom. The minimum Gasteiger partial charge on any atom is -0.493 e. The molecule has 3 nitrogen and oxygen atoms in total. The van der Waals surface area contributed by atoms with Crippen LogP contribution in [0.1, 0.15) is 12.5 Å². The molecule has 0 spiro atoms. The molecule has 0 aromatic heterocycles. The van der Waals surface area contributed by atoms with Gasteiger partial charge in [0, 0.05) is 22.2 Å². The lowest BCUT2D eigenvalue weighted by atomic mass is 9.78. The van der Waals surface area contributed by atoms with Crippen molar-refractivity contribution in [2.75, 3.05) is 11.9 Å². The highest BCUT2D eigenvalue weighted by Crippen LogP contribution is 2.42. The first kappa shape index (κ1) is 13.8. The monoisotopic (exact) mass is 298 g/mol. The van der Waals surface area contributed by atoms with Gasteiger partial charge >= 0.3 is 0 Å². The number of nitriles is 1. The molecule has 2 atom stereocenters. The quantitative estimate of drug-likeness (QED) is 0.904. The number of para-hydroxylation sites is 1. The second-order valence-electron chi connectivity index (χ2n) is 5.26. The molecule has 1 heterocycles. The van der Waals surface area contributed by atoms with Gasteiger partial charge in [0.2, 0.25) is 0 Å². The van der Waals surface area contributed by atoms with E-state index in [2.05, 4.69) is 11.4 Å². The van der Waals surface area contributed by atoms with E-state index in [0.29, 0.717) is 11.6 Å². The fraction of sp³-hybridized carbons (Fsp3) is 0.235. The molecule has 1 aliphatic rings. The van der Waals surface area contributed by atoms with Gasteiger partial charge in [-0.15, -0.1) is 0 Å². The van der Waals surface area contributed by atoms with Crippen LogP contribution in [0.5, 0.6) is 5.75 Å². The average molecular weight is 299 g/mol. The lowest BCUT2D eigenvalue weighted by Gasteiger charge is -2.39. The molecule has 2 aromatic carbocycles. The molecular weight excluding hydrogens is 284 g/mol. The SMILES string of the molecule is CC1COc2ccccc2C1(C#N)Nc1cccc(Cl)c1. The van der Waals surface area contributed by atoms with Crippen LogP contribution in [0.25, 0.3) is 0 Å². The first-order valence-corrected chi connectivity index (χ1v) is 7.21. The van der Waals surface area contributed by atoms with E-state index in [9.17, 15) is 5.26 Å². The Morgan fingerprint density at radius 3 is 2.86 bits per heavy atom. The smallest absolute Gasteiger partial charge is 0.160 e. The number of ether oxygens (including phenoxy) is 1. The van der Waals surface area contributed by atoms with Crippen LogP contribution < -0.4 is 10.1 Å². The number of fused-ring (bicyclic) bond motifs is 1. The van der Waals surface area contributed by atoms with E-state index in [0.717, 1.165) is 17.0 Å².